The molecule has 6 heteroatoms. The van der Waals surface area contributed by atoms with Gasteiger partial charge in [-0.2, -0.15) is 0 Å². The molecule has 118 valence electrons. The van der Waals surface area contributed by atoms with E-state index in [0.717, 1.165) is 32.1 Å². The molecule has 1 aliphatic carbocycles. The fourth-order valence-corrected chi connectivity index (χ4v) is 4.38. The smallest absolute Gasteiger partial charge is 0.241 e. The van der Waals surface area contributed by atoms with E-state index in [4.69, 9.17) is 0 Å². The third-order valence-electron chi connectivity index (χ3n) is 4.03. The van der Waals surface area contributed by atoms with Crippen LogP contribution in [0.5, 0.6) is 0 Å². The minimum atomic E-state index is -3.62. The Labute approximate surface area is 126 Å². The summed E-state index contributed by atoms with van der Waals surface area (Å²) in [5.41, 5.74) is -0.0385. The number of hydrogen-bond acceptors (Lipinski definition) is 3. The van der Waals surface area contributed by atoms with Crippen molar-refractivity contribution in [3.8, 4) is 0 Å². The lowest BCUT2D eigenvalue weighted by Gasteiger charge is -2.34. The second-order valence-electron chi connectivity index (χ2n) is 6.01. The molecule has 1 aromatic rings. The van der Waals surface area contributed by atoms with Gasteiger partial charge in [0, 0.05) is 17.6 Å². The van der Waals surface area contributed by atoms with E-state index in [1.165, 1.54) is 18.2 Å². The molecule has 0 saturated heterocycles. The van der Waals surface area contributed by atoms with Crippen LogP contribution in [0.15, 0.2) is 23.1 Å². The lowest BCUT2D eigenvalue weighted by molar-refractivity contribution is 0.294. The molecule has 0 atom stereocenters. The van der Waals surface area contributed by atoms with Crippen LogP contribution in [-0.4, -0.2) is 21.0 Å². The van der Waals surface area contributed by atoms with E-state index < -0.39 is 21.4 Å². The van der Waals surface area contributed by atoms with E-state index in [9.17, 15) is 12.8 Å². The standard InChI is InChI=1S/C15H23FN2O2S/c1-15(8-4-3-5-9-15)18-21(19,20)13-6-7-14(16)12(10-13)11-17-2/h6-7,10,17-18H,3-5,8-9,11H2,1-2H3. The van der Waals surface area contributed by atoms with Crippen LogP contribution in [0.2, 0.25) is 0 Å². The fourth-order valence-electron chi connectivity index (χ4n) is 2.86. The highest BCUT2D eigenvalue weighted by atomic mass is 32.2. The molecule has 0 unspecified atom stereocenters. The minimum absolute atomic E-state index is 0.126. The number of nitrogens with one attached hydrogen (secondary N) is 2. The zero-order chi connectivity index (χ0) is 15.5. The lowest BCUT2D eigenvalue weighted by atomic mass is 9.84. The van der Waals surface area contributed by atoms with Crippen molar-refractivity contribution < 1.29 is 12.8 Å². The molecule has 0 aliphatic heterocycles. The van der Waals surface area contributed by atoms with Crippen LogP contribution < -0.4 is 10.0 Å². The first kappa shape index (κ1) is 16.4. The zero-order valence-corrected chi connectivity index (χ0v) is 13.4. The van der Waals surface area contributed by atoms with Gasteiger partial charge in [-0.05, 0) is 45.0 Å². The van der Waals surface area contributed by atoms with E-state index in [2.05, 4.69) is 10.0 Å². The Morgan fingerprint density at radius 1 is 1.24 bits per heavy atom. The van der Waals surface area contributed by atoms with Gasteiger partial charge in [-0.3, -0.25) is 0 Å². The van der Waals surface area contributed by atoms with Crippen molar-refractivity contribution in [2.45, 2.75) is 56.0 Å². The maximum atomic E-state index is 13.6. The van der Waals surface area contributed by atoms with Crippen molar-refractivity contribution in [1.82, 2.24) is 10.0 Å². The summed E-state index contributed by atoms with van der Waals surface area (Å²) in [5, 5.41) is 2.84. The second kappa shape index (κ2) is 6.42. The Kier molecular flexibility index (Phi) is 5.01. The predicted octanol–water partition coefficient (Wildman–Crippen LogP) is 2.55. The minimum Gasteiger partial charge on any atom is -0.316 e. The maximum absolute atomic E-state index is 13.6. The first-order valence-corrected chi connectivity index (χ1v) is 8.82. The van der Waals surface area contributed by atoms with Crippen LogP contribution in [0.3, 0.4) is 0 Å². The molecule has 0 amide bonds. The van der Waals surface area contributed by atoms with Gasteiger partial charge in [-0.1, -0.05) is 19.3 Å². The van der Waals surface area contributed by atoms with Crippen molar-refractivity contribution in [1.29, 1.82) is 0 Å². The first-order chi connectivity index (χ1) is 9.86. The van der Waals surface area contributed by atoms with Crippen LogP contribution in [0.4, 0.5) is 4.39 Å². The van der Waals surface area contributed by atoms with Crippen LogP contribution >= 0.6 is 0 Å². The van der Waals surface area contributed by atoms with Crippen molar-refractivity contribution >= 4 is 10.0 Å². The highest BCUT2D eigenvalue weighted by molar-refractivity contribution is 7.89. The topological polar surface area (TPSA) is 58.2 Å². The van der Waals surface area contributed by atoms with Crippen molar-refractivity contribution in [2.75, 3.05) is 7.05 Å². The number of rotatable bonds is 5. The molecule has 0 radical (unpaired) electrons. The van der Waals surface area contributed by atoms with Crippen LogP contribution in [-0.2, 0) is 16.6 Å². The maximum Gasteiger partial charge on any atom is 0.241 e. The normalized spacial score (nSPS) is 18.6. The van der Waals surface area contributed by atoms with Crippen LogP contribution in [0, 0.1) is 5.82 Å². The van der Waals surface area contributed by atoms with E-state index in [-0.39, 0.29) is 4.90 Å². The Morgan fingerprint density at radius 2 is 1.90 bits per heavy atom. The zero-order valence-electron chi connectivity index (χ0n) is 12.6. The molecule has 2 N–H and O–H groups in total. The molecule has 21 heavy (non-hydrogen) atoms. The van der Waals surface area contributed by atoms with Gasteiger partial charge < -0.3 is 5.32 Å². The quantitative estimate of drug-likeness (QED) is 0.878. The number of hydrogen-bond donors (Lipinski definition) is 2. The Hall–Kier alpha value is -0.980. The van der Waals surface area contributed by atoms with E-state index >= 15 is 0 Å². The predicted molar refractivity (Wildman–Crippen MR) is 81.0 cm³/mol. The molecule has 0 spiro atoms. The average molecular weight is 314 g/mol. The third kappa shape index (κ3) is 4.02. The Bertz CT molecular complexity index is 596. The number of sulfonamides is 1. The molecule has 0 aromatic heterocycles. The molecular weight excluding hydrogens is 291 g/mol. The monoisotopic (exact) mass is 314 g/mol. The van der Waals surface area contributed by atoms with Gasteiger partial charge in [-0.25, -0.2) is 17.5 Å². The van der Waals surface area contributed by atoms with Gasteiger partial charge in [0.25, 0.3) is 0 Å². The molecule has 1 aromatic carbocycles. The molecule has 1 fully saturated rings. The van der Waals surface area contributed by atoms with Gasteiger partial charge in [0.15, 0.2) is 0 Å². The number of benzene rings is 1. The van der Waals surface area contributed by atoms with E-state index in [1.54, 1.807) is 7.05 Å². The third-order valence-corrected chi connectivity index (χ3v) is 5.67. The fraction of sp³-hybridized carbons (Fsp3) is 0.600. The largest absolute Gasteiger partial charge is 0.316 e. The van der Waals surface area contributed by atoms with Gasteiger partial charge >= 0.3 is 0 Å². The molecule has 0 bridgehead atoms. The van der Waals surface area contributed by atoms with Crippen molar-refractivity contribution in [3.05, 3.63) is 29.6 Å². The number of halogens is 1. The van der Waals surface area contributed by atoms with Crippen LogP contribution in [0.1, 0.15) is 44.6 Å². The highest BCUT2D eigenvalue weighted by Gasteiger charge is 2.32. The summed E-state index contributed by atoms with van der Waals surface area (Å²) in [5.74, 6) is -0.396. The first-order valence-electron chi connectivity index (χ1n) is 7.33. The summed E-state index contributed by atoms with van der Waals surface area (Å²) in [6, 6.07) is 3.94. The SMILES string of the molecule is CNCc1cc(S(=O)(=O)NC2(C)CCCCC2)ccc1F. The molecular formula is C15H23FN2O2S. The average Bonchev–Trinajstić information content (AvgIpc) is 2.41. The molecule has 1 aliphatic rings. The van der Waals surface area contributed by atoms with Gasteiger partial charge in [-0.15, -0.1) is 0 Å². The summed E-state index contributed by atoms with van der Waals surface area (Å²) in [4.78, 5) is 0.126. The van der Waals surface area contributed by atoms with Crippen LogP contribution in [0.25, 0.3) is 0 Å². The summed E-state index contributed by atoms with van der Waals surface area (Å²) < 4.78 is 41.5. The highest BCUT2D eigenvalue weighted by Crippen LogP contribution is 2.29. The second-order valence-corrected chi connectivity index (χ2v) is 7.69. The van der Waals surface area contributed by atoms with E-state index in [1.807, 2.05) is 6.92 Å². The molecule has 4 nitrogen and oxygen atoms in total. The summed E-state index contributed by atoms with van der Waals surface area (Å²) in [6.07, 6.45) is 4.91. The van der Waals surface area contributed by atoms with Gasteiger partial charge in [0.1, 0.15) is 5.82 Å². The molecule has 0 heterocycles. The Balaban J connectivity index is 2.24. The van der Waals surface area contributed by atoms with E-state index in [0.29, 0.717) is 12.1 Å². The summed E-state index contributed by atoms with van der Waals surface area (Å²) >= 11 is 0. The van der Waals surface area contributed by atoms with Gasteiger partial charge in [0.05, 0.1) is 4.90 Å². The van der Waals surface area contributed by atoms with Gasteiger partial charge in [0.2, 0.25) is 10.0 Å². The summed E-state index contributed by atoms with van der Waals surface area (Å²) in [6.45, 7) is 2.24. The van der Waals surface area contributed by atoms with Crippen molar-refractivity contribution in [2.24, 2.45) is 0 Å². The Morgan fingerprint density at radius 3 is 2.52 bits per heavy atom. The summed E-state index contributed by atoms with van der Waals surface area (Å²) in [7, 11) is -1.92. The molecule has 2 rings (SSSR count). The molecule has 1 saturated carbocycles. The van der Waals surface area contributed by atoms with Crippen molar-refractivity contribution in [3.63, 3.8) is 0 Å². The lowest BCUT2D eigenvalue weighted by Crippen LogP contribution is -2.47.